The van der Waals surface area contributed by atoms with Crippen molar-refractivity contribution < 1.29 is 5.21 Å². The molecule has 0 spiro atoms. The maximum atomic E-state index is 8.48. The summed E-state index contributed by atoms with van der Waals surface area (Å²) in [6.07, 6.45) is 6.02. The fraction of sp³-hybridized carbons (Fsp3) is 0.667. The average molecular weight is 183 g/mol. The van der Waals surface area contributed by atoms with Crippen LogP contribution in [0.3, 0.4) is 0 Å². The Morgan fingerprint density at radius 1 is 1.77 bits per heavy atom. The van der Waals surface area contributed by atoms with Gasteiger partial charge in [-0.3, -0.25) is 5.32 Å². The van der Waals surface area contributed by atoms with Crippen LogP contribution >= 0.6 is 0 Å². The van der Waals surface area contributed by atoms with Gasteiger partial charge in [0.05, 0.1) is 11.6 Å². The molecule has 0 aliphatic carbocycles. The summed E-state index contributed by atoms with van der Waals surface area (Å²) in [5, 5.41) is 14.5. The van der Waals surface area contributed by atoms with Crippen LogP contribution in [0.25, 0.3) is 0 Å². The van der Waals surface area contributed by atoms with Gasteiger partial charge in [-0.2, -0.15) is 0 Å². The fourth-order valence-corrected chi connectivity index (χ4v) is 0.932. The van der Waals surface area contributed by atoms with Gasteiger partial charge in [0.1, 0.15) is 0 Å². The summed E-state index contributed by atoms with van der Waals surface area (Å²) >= 11 is 0. The fourth-order valence-electron chi connectivity index (χ4n) is 0.932. The van der Waals surface area contributed by atoms with Gasteiger partial charge in [-0.1, -0.05) is 18.0 Å². The highest BCUT2D eigenvalue weighted by atomic mass is 16.4. The van der Waals surface area contributed by atoms with Crippen molar-refractivity contribution >= 4 is 5.84 Å². The molecule has 0 saturated carbocycles. The molecular weight excluding hydrogens is 166 g/mol. The van der Waals surface area contributed by atoms with Crippen molar-refractivity contribution in [3.05, 3.63) is 0 Å². The lowest BCUT2D eigenvalue weighted by atomic mass is 10.0. The number of amidine groups is 1. The molecule has 0 aliphatic heterocycles. The van der Waals surface area contributed by atoms with Gasteiger partial charge in [0.25, 0.3) is 0 Å². The van der Waals surface area contributed by atoms with Crippen LogP contribution < -0.4 is 11.1 Å². The average Bonchev–Trinajstić information content (AvgIpc) is 2.13. The third-order valence-corrected chi connectivity index (χ3v) is 1.78. The highest BCUT2D eigenvalue weighted by Gasteiger charge is 2.20. The van der Waals surface area contributed by atoms with Crippen molar-refractivity contribution in [3.8, 4) is 12.3 Å². The number of hydrogen-bond acceptors (Lipinski definition) is 3. The van der Waals surface area contributed by atoms with E-state index in [1.54, 1.807) is 0 Å². The normalized spacial score (nSPS) is 15.1. The van der Waals surface area contributed by atoms with Crippen LogP contribution in [0.4, 0.5) is 0 Å². The van der Waals surface area contributed by atoms with Crippen LogP contribution in [0.5, 0.6) is 0 Å². The minimum Gasteiger partial charge on any atom is -0.409 e. The highest BCUT2D eigenvalue weighted by Crippen LogP contribution is 2.03. The summed E-state index contributed by atoms with van der Waals surface area (Å²) in [6.45, 7) is 5.66. The van der Waals surface area contributed by atoms with Crippen LogP contribution in [0.2, 0.25) is 0 Å². The zero-order valence-corrected chi connectivity index (χ0v) is 8.33. The molecule has 0 saturated heterocycles. The van der Waals surface area contributed by atoms with Crippen molar-refractivity contribution in [3.63, 3.8) is 0 Å². The summed E-state index contributed by atoms with van der Waals surface area (Å²) in [6, 6.07) is -0.184. The van der Waals surface area contributed by atoms with Crippen molar-refractivity contribution in [2.75, 3.05) is 0 Å². The summed E-state index contributed by atoms with van der Waals surface area (Å²) in [4.78, 5) is 0. The Balaban J connectivity index is 4.40. The molecule has 0 aromatic heterocycles. The van der Waals surface area contributed by atoms with Gasteiger partial charge in [0.2, 0.25) is 0 Å². The molecule has 0 aromatic rings. The molecule has 0 rings (SSSR count). The van der Waals surface area contributed by atoms with Crippen LogP contribution in [0.15, 0.2) is 5.16 Å². The predicted octanol–water partition coefficient (Wildman–Crippen LogP) is 0.513. The lowest BCUT2D eigenvalue weighted by Crippen LogP contribution is -2.50. The highest BCUT2D eigenvalue weighted by molar-refractivity contribution is 5.85. The second-order valence-corrected chi connectivity index (χ2v) is 3.40. The van der Waals surface area contributed by atoms with E-state index in [9.17, 15) is 0 Å². The molecule has 0 fully saturated rings. The van der Waals surface area contributed by atoms with E-state index in [0.29, 0.717) is 0 Å². The lowest BCUT2D eigenvalue weighted by molar-refractivity contribution is 0.312. The topological polar surface area (TPSA) is 70.6 Å². The Bertz CT molecular complexity index is 228. The molecule has 0 aromatic carbocycles. The molecule has 1 unspecified atom stereocenters. The smallest absolute Gasteiger partial charge is 0.156 e. The van der Waals surface area contributed by atoms with Gasteiger partial charge < -0.3 is 10.9 Å². The van der Waals surface area contributed by atoms with E-state index in [2.05, 4.69) is 16.4 Å². The first-order valence-electron chi connectivity index (χ1n) is 4.19. The molecule has 4 nitrogen and oxygen atoms in total. The lowest BCUT2D eigenvalue weighted by Gasteiger charge is -2.25. The third kappa shape index (κ3) is 3.81. The Hall–Kier alpha value is -1.21. The molecule has 4 heteroatoms. The number of nitrogens with one attached hydrogen (secondary N) is 1. The minimum atomic E-state index is -0.448. The number of rotatable bonds is 4. The standard InChI is InChI=1S/C9H17N3O/c1-5-7(8(10)12-13)11-9(3,4)6-2/h2,7,11,13H,5H2,1,3-4H3,(H2,10,12). The van der Waals surface area contributed by atoms with E-state index in [1.165, 1.54) is 0 Å². The van der Waals surface area contributed by atoms with Gasteiger partial charge in [-0.15, -0.1) is 6.42 Å². The van der Waals surface area contributed by atoms with Crippen LogP contribution in [-0.2, 0) is 0 Å². The maximum absolute atomic E-state index is 8.48. The SMILES string of the molecule is C#CC(C)(C)NC(CC)C(N)=NO. The van der Waals surface area contributed by atoms with Gasteiger partial charge in [0.15, 0.2) is 5.84 Å². The quantitative estimate of drug-likeness (QED) is 0.195. The van der Waals surface area contributed by atoms with Gasteiger partial charge >= 0.3 is 0 Å². The first-order chi connectivity index (χ1) is 5.96. The number of hydrogen-bond donors (Lipinski definition) is 3. The third-order valence-electron chi connectivity index (χ3n) is 1.78. The van der Waals surface area contributed by atoms with Gasteiger partial charge in [0, 0.05) is 0 Å². The summed E-state index contributed by atoms with van der Waals surface area (Å²) in [5.74, 6) is 2.74. The molecule has 0 aliphatic rings. The zero-order chi connectivity index (χ0) is 10.5. The van der Waals surface area contributed by atoms with E-state index >= 15 is 0 Å². The molecule has 1 atom stereocenters. The van der Waals surface area contributed by atoms with Crippen molar-refractivity contribution in [1.82, 2.24) is 5.32 Å². The van der Waals surface area contributed by atoms with Gasteiger partial charge in [-0.25, -0.2) is 0 Å². The van der Waals surface area contributed by atoms with Crippen molar-refractivity contribution in [2.45, 2.75) is 38.8 Å². The molecule has 0 radical (unpaired) electrons. The monoisotopic (exact) mass is 183 g/mol. The molecule has 4 N–H and O–H groups in total. The largest absolute Gasteiger partial charge is 0.409 e. The minimum absolute atomic E-state index is 0.158. The molecule has 13 heavy (non-hydrogen) atoms. The van der Waals surface area contributed by atoms with E-state index in [1.807, 2.05) is 20.8 Å². The molecule has 0 amide bonds. The first kappa shape index (κ1) is 11.8. The molecule has 0 bridgehead atoms. The molecular formula is C9H17N3O. The number of oxime groups is 1. The van der Waals surface area contributed by atoms with E-state index in [0.717, 1.165) is 6.42 Å². The van der Waals surface area contributed by atoms with Gasteiger partial charge in [-0.05, 0) is 20.3 Å². The second-order valence-electron chi connectivity index (χ2n) is 3.40. The number of terminal acetylenes is 1. The van der Waals surface area contributed by atoms with Crippen molar-refractivity contribution in [1.29, 1.82) is 0 Å². The maximum Gasteiger partial charge on any atom is 0.156 e. The van der Waals surface area contributed by atoms with Crippen molar-refractivity contribution in [2.24, 2.45) is 10.9 Å². The van der Waals surface area contributed by atoms with E-state index < -0.39 is 5.54 Å². The Morgan fingerprint density at radius 3 is 2.62 bits per heavy atom. The molecule has 0 heterocycles. The first-order valence-corrected chi connectivity index (χ1v) is 4.19. The Labute approximate surface area is 79.2 Å². The van der Waals surface area contributed by atoms with Crippen LogP contribution in [0, 0.1) is 12.3 Å². The summed E-state index contributed by atoms with van der Waals surface area (Å²) < 4.78 is 0. The number of nitrogens with two attached hydrogens (primary N) is 1. The predicted molar refractivity (Wildman–Crippen MR) is 53.5 cm³/mol. The van der Waals surface area contributed by atoms with Crippen LogP contribution in [-0.4, -0.2) is 22.6 Å². The Kier molecular flexibility index (Phi) is 4.29. The second kappa shape index (κ2) is 4.73. The summed E-state index contributed by atoms with van der Waals surface area (Å²) in [7, 11) is 0. The summed E-state index contributed by atoms with van der Waals surface area (Å²) in [5.41, 5.74) is 5.01. The molecule has 74 valence electrons. The number of nitrogens with zero attached hydrogens (tertiary/aromatic N) is 1. The van der Waals surface area contributed by atoms with E-state index in [4.69, 9.17) is 17.4 Å². The van der Waals surface area contributed by atoms with E-state index in [-0.39, 0.29) is 11.9 Å². The Morgan fingerprint density at radius 2 is 2.31 bits per heavy atom. The van der Waals surface area contributed by atoms with Crippen LogP contribution in [0.1, 0.15) is 27.2 Å². The zero-order valence-electron chi connectivity index (χ0n) is 8.33.